The molecule has 0 bridgehead atoms. The number of benzene rings is 1. The molecule has 1 atom stereocenters. The zero-order chi connectivity index (χ0) is 12.3. The highest BCUT2D eigenvalue weighted by Gasteiger charge is 2.12. The Balaban J connectivity index is 2.11. The van der Waals surface area contributed by atoms with Crippen LogP contribution in [0.3, 0.4) is 0 Å². The van der Waals surface area contributed by atoms with E-state index in [1.807, 2.05) is 38.2 Å². The Morgan fingerprint density at radius 2 is 2.24 bits per heavy atom. The van der Waals surface area contributed by atoms with Crippen LogP contribution >= 0.6 is 15.9 Å². The molecule has 0 aliphatic rings. The van der Waals surface area contributed by atoms with Crippen molar-refractivity contribution >= 4 is 15.9 Å². The SMILES string of the molecule is CNC(C)c1nnc(Cc2cccc(Br)c2)o1. The van der Waals surface area contributed by atoms with Gasteiger partial charge in [0.25, 0.3) is 0 Å². The van der Waals surface area contributed by atoms with Crippen LogP contribution in [0.25, 0.3) is 0 Å². The van der Waals surface area contributed by atoms with Gasteiger partial charge in [-0.25, -0.2) is 0 Å². The molecule has 2 rings (SSSR count). The molecule has 5 heteroatoms. The molecule has 0 aliphatic heterocycles. The van der Waals surface area contributed by atoms with Crippen LogP contribution in [0.2, 0.25) is 0 Å². The molecule has 17 heavy (non-hydrogen) atoms. The zero-order valence-corrected chi connectivity index (χ0v) is 11.4. The molecule has 1 aromatic carbocycles. The minimum atomic E-state index is 0.0822. The highest BCUT2D eigenvalue weighted by atomic mass is 79.9. The predicted molar refractivity (Wildman–Crippen MR) is 68.7 cm³/mol. The van der Waals surface area contributed by atoms with Crippen molar-refractivity contribution in [3.8, 4) is 0 Å². The van der Waals surface area contributed by atoms with Gasteiger partial charge in [-0.3, -0.25) is 0 Å². The number of nitrogens with zero attached hydrogens (tertiary/aromatic N) is 2. The molecule has 1 heterocycles. The van der Waals surface area contributed by atoms with Crippen LogP contribution in [0, 0.1) is 0 Å². The summed E-state index contributed by atoms with van der Waals surface area (Å²) in [5.74, 6) is 1.26. The first-order valence-electron chi connectivity index (χ1n) is 5.43. The maximum atomic E-state index is 5.58. The van der Waals surface area contributed by atoms with Gasteiger partial charge in [-0.15, -0.1) is 10.2 Å². The summed E-state index contributed by atoms with van der Waals surface area (Å²) in [4.78, 5) is 0. The lowest BCUT2D eigenvalue weighted by Gasteiger charge is -2.02. The van der Waals surface area contributed by atoms with E-state index in [2.05, 4.69) is 31.4 Å². The van der Waals surface area contributed by atoms with Crippen molar-refractivity contribution in [2.75, 3.05) is 7.05 Å². The van der Waals surface area contributed by atoms with E-state index < -0.39 is 0 Å². The molecule has 0 spiro atoms. The summed E-state index contributed by atoms with van der Waals surface area (Å²) < 4.78 is 6.63. The highest BCUT2D eigenvalue weighted by Crippen LogP contribution is 2.16. The van der Waals surface area contributed by atoms with Gasteiger partial charge >= 0.3 is 0 Å². The molecular formula is C12H14BrN3O. The first-order valence-corrected chi connectivity index (χ1v) is 6.22. The topological polar surface area (TPSA) is 51.0 Å². The van der Waals surface area contributed by atoms with Gasteiger partial charge in [0.1, 0.15) is 0 Å². The van der Waals surface area contributed by atoms with E-state index in [9.17, 15) is 0 Å². The third-order valence-electron chi connectivity index (χ3n) is 2.53. The summed E-state index contributed by atoms with van der Waals surface area (Å²) in [6, 6.07) is 8.15. The normalized spacial score (nSPS) is 12.6. The van der Waals surface area contributed by atoms with E-state index in [1.165, 1.54) is 0 Å². The predicted octanol–water partition coefficient (Wildman–Crippen LogP) is 2.70. The second kappa shape index (κ2) is 5.42. The Hall–Kier alpha value is -1.20. The van der Waals surface area contributed by atoms with Gasteiger partial charge in [-0.1, -0.05) is 28.1 Å². The molecule has 0 amide bonds. The monoisotopic (exact) mass is 295 g/mol. The van der Waals surface area contributed by atoms with Gasteiger partial charge in [-0.05, 0) is 31.7 Å². The van der Waals surface area contributed by atoms with Crippen molar-refractivity contribution in [2.24, 2.45) is 0 Å². The quantitative estimate of drug-likeness (QED) is 0.942. The Morgan fingerprint density at radius 1 is 1.41 bits per heavy atom. The summed E-state index contributed by atoms with van der Waals surface area (Å²) >= 11 is 3.44. The number of halogens is 1. The fourth-order valence-corrected chi connectivity index (χ4v) is 1.90. The highest BCUT2D eigenvalue weighted by molar-refractivity contribution is 9.10. The fraction of sp³-hybridized carbons (Fsp3) is 0.333. The third kappa shape index (κ3) is 3.14. The number of hydrogen-bond acceptors (Lipinski definition) is 4. The van der Waals surface area contributed by atoms with E-state index in [0.29, 0.717) is 18.2 Å². The van der Waals surface area contributed by atoms with Crippen molar-refractivity contribution in [1.82, 2.24) is 15.5 Å². The maximum Gasteiger partial charge on any atom is 0.233 e. The zero-order valence-electron chi connectivity index (χ0n) is 9.77. The van der Waals surface area contributed by atoms with Gasteiger partial charge in [0.2, 0.25) is 11.8 Å². The third-order valence-corrected chi connectivity index (χ3v) is 3.02. The Morgan fingerprint density at radius 3 is 2.94 bits per heavy atom. The lowest BCUT2D eigenvalue weighted by molar-refractivity contribution is 0.410. The van der Waals surface area contributed by atoms with E-state index in [0.717, 1.165) is 10.0 Å². The summed E-state index contributed by atoms with van der Waals surface area (Å²) in [7, 11) is 1.86. The van der Waals surface area contributed by atoms with Crippen LogP contribution in [0.15, 0.2) is 33.2 Å². The molecule has 0 fully saturated rings. The minimum Gasteiger partial charge on any atom is -0.423 e. The van der Waals surface area contributed by atoms with Crippen molar-refractivity contribution in [1.29, 1.82) is 0 Å². The van der Waals surface area contributed by atoms with Crippen molar-refractivity contribution in [2.45, 2.75) is 19.4 Å². The second-order valence-electron chi connectivity index (χ2n) is 3.85. The van der Waals surface area contributed by atoms with Gasteiger partial charge < -0.3 is 9.73 Å². The Kier molecular flexibility index (Phi) is 3.91. The van der Waals surface area contributed by atoms with E-state index in [-0.39, 0.29) is 6.04 Å². The van der Waals surface area contributed by atoms with E-state index in [1.54, 1.807) is 0 Å². The Labute approximate surface area is 109 Å². The smallest absolute Gasteiger partial charge is 0.233 e. The van der Waals surface area contributed by atoms with Crippen LogP contribution in [-0.2, 0) is 6.42 Å². The molecule has 1 unspecified atom stereocenters. The van der Waals surface area contributed by atoms with Crippen molar-refractivity contribution in [3.05, 3.63) is 46.1 Å². The summed E-state index contributed by atoms with van der Waals surface area (Å²) in [6.07, 6.45) is 0.656. The Bertz CT molecular complexity index is 498. The van der Waals surface area contributed by atoms with Gasteiger partial charge in [-0.2, -0.15) is 0 Å². The summed E-state index contributed by atoms with van der Waals surface area (Å²) in [5.41, 5.74) is 1.15. The van der Waals surface area contributed by atoms with Gasteiger partial charge in [0.15, 0.2) is 0 Å². The van der Waals surface area contributed by atoms with Crippen molar-refractivity contribution in [3.63, 3.8) is 0 Å². The summed E-state index contributed by atoms with van der Waals surface area (Å²) in [6.45, 7) is 1.98. The molecule has 0 saturated heterocycles. The molecular weight excluding hydrogens is 282 g/mol. The van der Waals surface area contributed by atoms with Crippen LogP contribution < -0.4 is 5.32 Å². The molecule has 1 N–H and O–H groups in total. The minimum absolute atomic E-state index is 0.0822. The van der Waals surface area contributed by atoms with Gasteiger partial charge in [0, 0.05) is 4.47 Å². The number of nitrogens with one attached hydrogen (secondary N) is 1. The molecule has 1 aromatic heterocycles. The largest absolute Gasteiger partial charge is 0.423 e. The molecule has 0 aliphatic carbocycles. The number of aromatic nitrogens is 2. The lowest BCUT2D eigenvalue weighted by atomic mass is 10.1. The second-order valence-corrected chi connectivity index (χ2v) is 4.77. The van der Waals surface area contributed by atoms with Crippen molar-refractivity contribution < 1.29 is 4.42 Å². The lowest BCUT2D eigenvalue weighted by Crippen LogP contribution is -2.12. The number of rotatable bonds is 4. The average molecular weight is 296 g/mol. The van der Waals surface area contributed by atoms with Crippen LogP contribution in [0.5, 0.6) is 0 Å². The fourth-order valence-electron chi connectivity index (χ4n) is 1.46. The standard InChI is InChI=1S/C12H14BrN3O/c1-8(14-2)12-16-15-11(17-12)7-9-4-3-5-10(13)6-9/h3-6,8,14H,7H2,1-2H3. The average Bonchev–Trinajstić information content (AvgIpc) is 2.76. The molecule has 2 aromatic rings. The first kappa shape index (κ1) is 12.3. The molecule has 0 radical (unpaired) electrons. The van der Waals surface area contributed by atoms with Crippen LogP contribution in [0.4, 0.5) is 0 Å². The van der Waals surface area contributed by atoms with Crippen LogP contribution in [-0.4, -0.2) is 17.2 Å². The molecule has 0 saturated carbocycles. The summed E-state index contributed by atoms with van der Waals surface area (Å²) in [5, 5.41) is 11.1. The van der Waals surface area contributed by atoms with E-state index in [4.69, 9.17) is 4.42 Å². The maximum absolute atomic E-state index is 5.58. The van der Waals surface area contributed by atoms with Gasteiger partial charge in [0.05, 0.1) is 12.5 Å². The van der Waals surface area contributed by atoms with Crippen LogP contribution in [0.1, 0.15) is 30.3 Å². The van der Waals surface area contributed by atoms with E-state index >= 15 is 0 Å². The molecule has 90 valence electrons. The first-order chi connectivity index (χ1) is 8.19. The number of hydrogen-bond donors (Lipinski definition) is 1. The molecule has 4 nitrogen and oxygen atoms in total.